The maximum absolute atomic E-state index is 6.19. The molecule has 1 N–H and O–H groups in total. The first-order valence-corrected chi connectivity index (χ1v) is 8.53. The molecule has 6 nitrogen and oxygen atoms in total. The molecule has 2 fully saturated rings. The Morgan fingerprint density at radius 1 is 1.04 bits per heavy atom. The molecule has 0 spiro atoms. The van der Waals surface area contributed by atoms with Gasteiger partial charge < -0.3 is 14.8 Å². The van der Waals surface area contributed by atoms with E-state index < -0.39 is 0 Å². The van der Waals surface area contributed by atoms with E-state index in [2.05, 4.69) is 20.3 Å². The summed E-state index contributed by atoms with van der Waals surface area (Å²) in [6.45, 7) is 3.85. The first-order valence-electron chi connectivity index (χ1n) is 8.53. The van der Waals surface area contributed by atoms with Gasteiger partial charge in [-0.25, -0.2) is 9.97 Å². The van der Waals surface area contributed by atoms with Crippen molar-refractivity contribution in [1.82, 2.24) is 20.3 Å². The molecule has 0 radical (unpaired) electrons. The minimum atomic E-state index is 0.213. The highest BCUT2D eigenvalue weighted by Crippen LogP contribution is 2.32. The fraction of sp³-hybridized carbons (Fsp3) is 0.500. The Labute approximate surface area is 141 Å². The summed E-state index contributed by atoms with van der Waals surface area (Å²) in [6, 6.07) is 4.91. The number of aryl methyl sites for hydroxylation is 1. The van der Waals surface area contributed by atoms with Crippen LogP contribution in [0.2, 0.25) is 0 Å². The third kappa shape index (κ3) is 3.06. The van der Waals surface area contributed by atoms with Crippen molar-refractivity contribution in [3.05, 3.63) is 35.9 Å². The van der Waals surface area contributed by atoms with Gasteiger partial charge in [-0.05, 0) is 51.7 Å². The molecule has 2 saturated heterocycles. The van der Waals surface area contributed by atoms with E-state index in [9.17, 15) is 0 Å². The van der Waals surface area contributed by atoms with E-state index in [1.165, 1.54) is 19.2 Å². The smallest absolute Gasteiger partial charge is 0.229 e. The Morgan fingerprint density at radius 3 is 2.54 bits per heavy atom. The number of piperidine rings is 1. The molecule has 126 valence electrons. The van der Waals surface area contributed by atoms with Crippen molar-refractivity contribution in [1.29, 1.82) is 0 Å². The van der Waals surface area contributed by atoms with Gasteiger partial charge in [-0.3, -0.25) is 4.98 Å². The monoisotopic (exact) mass is 326 g/mol. The molecule has 24 heavy (non-hydrogen) atoms. The van der Waals surface area contributed by atoms with Crippen molar-refractivity contribution >= 4 is 0 Å². The number of aromatic nitrogens is 3. The van der Waals surface area contributed by atoms with E-state index in [1.54, 1.807) is 6.20 Å². The van der Waals surface area contributed by atoms with Crippen molar-refractivity contribution in [2.75, 3.05) is 0 Å². The summed E-state index contributed by atoms with van der Waals surface area (Å²) in [7, 11) is 0. The molecule has 2 aromatic heterocycles. The van der Waals surface area contributed by atoms with Crippen LogP contribution in [0.1, 0.15) is 36.9 Å². The van der Waals surface area contributed by atoms with Crippen LogP contribution in [0.5, 0.6) is 17.5 Å². The minimum absolute atomic E-state index is 0.213. The summed E-state index contributed by atoms with van der Waals surface area (Å²) in [5, 5.41) is 3.63. The van der Waals surface area contributed by atoms with Crippen LogP contribution in [0.25, 0.3) is 0 Å². The van der Waals surface area contributed by atoms with Crippen molar-refractivity contribution in [2.45, 2.75) is 57.7 Å². The Balaban J connectivity index is 1.51. The van der Waals surface area contributed by atoms with Gasteiger partial charge >= 0.3 is 0 Å². The number of ether oxygens (including phenoxy) is 2. The third-order valence-electron chi connectivity index (χ3n) is 4.86. The molecule has 2 aliphatic rings. The van der Waals surface area contributed by atoms with Crippen LogP contribution in [-0.4, -0.2) is 33.1 Å². The highest BCUT2D eigenvalue weighted by atomic mass is 16.5. The number of rotatable bonds is 4. The van der Waals surface area contributed by atoms with E-state index in [4.69, 9.17) is 9.47 Å². The second kappa shape index (κ2) is 6.36. The van der Waals surface area contributed by atoms with Crippen molar-refractivity contribution in [3.8, 4) is 17.5 Å². The molecule has 2 aromatic rings. The summed E-state index contributed by atoms with van der Waals surface area (Å²) < 4.78 is 12.1. The maximum atomic E-state index is 6.19. The molecule has 1 unspecified atom stereocenters. The first-order chi connectivity index (χ1) is 11.7. The van der Waals surface area contributed by atoms with Crippen LogP contribution in [-0.2, 0) is 0 Å². The Kier molecular flexibility index (Phi) is 4.06. The molecular weight excluding hydrogens is 304 g/mol. The Bertz CT molecular complexity index is 725. The maximum Gasteiger partial charge on any atom is 0.229 e. The molecule has 2 aliphatic heterocycles. The molecule has 0 amide bonds. The Morgan fingerprint density at radius 2 is 1.79 bits per heavy atom. The second-order valence-electron chi connectivity index (χ2n) is 6.65. The predicted molar refractivity (Wildman–Crippen MR) is 89.4 cm³/mol. The van der Waals surface area contributed by atoms with E-state index in [0.717, 1.165) is 24.1 Å². The average Bonchev–Trinajstić information content (AvgIpc) is 2.92. The highest BCUT2D eigenvalue weighted by molar-refractivity contribution is 5.37. The number of hydrogen-bond acceptors (Lipinski definition) is 6. The molecule has 3 atom stereocenters. The quantitative estimate of drug-likeness (QED) is 0.931. The van der Waals surface area contributed by atoms with Crippen LogP contribution < -0.4 is 14.8 Å². The lowest BCUT2D eigenvalue weighted by molar-refractivity contribution is 0.130. The number of fused-ring (bicyclic) bond motifs is 2. The number of hydrogen-bond donors (Lipinski definition) is 1. The first kappa shape index (κ1) is 15.3. The number of nitrogens with one attached hydrogen (secondary N) is 1. The van der Waals surface area contributed by atoms with Crippen LogP contribution in [0, 0.1) is 13.8 Å². The SMILES string of the molecule is Cc1ncccc1Oc1ncnc(O[C@H]2CC3CC[C@@H](C2)N3)c1C. The molecule has 6 heteroatoms. The van der Waals surface area contributed by atoms with Gasteiger partial charge in [0.25, 0.3) is 0 Å². The van der Waals surface area contributed by atoms with Crippen molar-refractivity contribution in [3.63, 3.8) is 0 Å². The van der Waals surface area contributed by atoms with E-state index >= 15 is 0 Å². The van der Waals surface area contributed by atoms with E-state index in [1.807, 2.05) is 26.0 Å². The summed E-state index contributed by atoms with van der Waals surface area (Å²) >= 11 is 0. The summed E-state index contributed by atoms with van der Waals surface area (Å²) in [5.41, 5.74) is 1.65. The molecule has 0 saturated carbocycles. The van der Waals surface area contributed by atoms with Crippen LogP contribution in [0.3, 0.4) is 0 Å². The highest BCUT2D eigenvalue weighted by Gasteiger charge is 2.35. The van der Waals surface area contributed by atoms with Gasteiger partial charge in [0.05, 0.1) is 11.3 Å². The lowest BCUT2D eigenvalue weighted by Crippen LogP contribution is -2.42. The molecule has 4 heterocycles. The lowest BCUT2D eigenvalue weighted by Gasteiger charge is -2.29. The van der Waals surface area contributed by atoms with Gasteiger partial charge in [0.2, 0.25) is 11.8 Å². The standard InChI is InChI=1S/C18H22N4O2/c1-11-17(23-15-8-13-5-6-14(9-15)22-13)20-10-21-18(11)24-16-4-3-7-19-12(16)2/h3-4,7,10,13-15,22H,5-6,8-9H2,1-2H3/t13-,14?,15+/m0/s1. The van der Waals surface area contributed by atoms with Crippen molar-refractivity contribution < 1.29 is 9.47 Å². The largest absolute Gasteiger partial charge is 0.474 e. The predicted octanol–water partition coefficient (Wildman–Crippen LogP) is 2.94. The van der Waals surface area contributed by atoms with E-state index in [-0.39, 0.29) is 6.10 Å². The topological polar surface area (TPSA) is 69.2 Å². The van der Waals surface area contributed by atoms with Gasteiger partial charge in [0.1, 0.15) is 12.4 Å². The Hall–Kier alpha value is -2.21. The lowest BCUT2D eigenvalue weighted by atomic mass is 10.0. The summed E-state index contributed by atoms with van der Waals surface area (Å²) in [5.74, 6) is 1.84. The summed E-state index contributed by atoms with van der Waals surface area (Å²) in [4.78, 5) is 12.8. The molecule has 4 rings (SSSR count). The third-order valence-corrected chi connectivity index (χ3v) is 4.86. The van der Waals surface area contributed by atoms with Gasteiger partial charge in [-0.15, -0.1) is 0 Å². The van der Waals surface area contributed by atoms with Crippen LogP contribution in [0.4, 0.5) is 0 Å². The molecular formula is C18H22N4O2. The minimum Gasteiger partial charge on any atom is -0.474 e. The van der Waals surface area contributed by atoms with Gasteiger partial charge in [-0.1, -0.05) is 0 Å². The fourth-order valence-corrected chi connectivity index (χ4v) is 3.58. The van der Waals surface area contributed by atoms with Gasteiger partial charge in [0.15, 0.2) is 5.75 Å². The number of nitrogens with zero attached hydrogens (tertiary/aromatic N) is 3. The van der Waals surface area contributed by atoms with Crippen LogP contribution in [0.15, 0.2) is 24.7 Å². The van der Waals surface area contributed by atoms with E-state index in [0.29, 0.717) is 29.6 Å². The molecule has 0 aromatic carbocycles. The van der Waals surface area contributed by atoms with Gasteiger partial charge in [-0.2, -0.15) is 0 Å². The average molecular weight is 326 g/mol. The zero-order chi connectivity index (χ0) is 16.5. The second-order valence-corrected chi connectivity index (χ2v) is 6.65. The van der Waals surface area contributed by atoms with Crippen molar-refractivity contribution in [2.24, 2.45) is 0 Å². The number of pyridine rings is 1. The zero-order valence-electron chi connectivity index (χ0n) is 14.0. The van der Waals surface area contributed by atoms with Crippen LogP contribution >= 0.6 is 0 Å². The normalized spacial score (nSPS) is 25.5. The fourth-order valence-electron chi connectivity index (χ4n) is 3.58. The molecule has 0 aliphatic carbocycles. The molecule has 2 bridgehead atoms. The zero-order valence-corrected chi connectivity index (χ0v) is 14.0. The summed E-state index contributed by atoms with van der Waals surface area (Å²) in [6.07, 6.45) is 8.04. The van der Waals surface area contributed by atoms with Gasteiger partial charge in [0, 0.05) is 18.3 Å².